The van der Waals surface area contributed by atoms with Gasteiger partial charge in [-0.1, -0.05) is 18.9 Å². The van der Waals surface area contributed by atoms with Crippen molar-refractivity contribution in [1.82, 2.24) is 15.2 Å². The van der Waals surface area contributed by atoms with Crippen LogP contribution >= 0.6 is 0 Å². The van der Waals surface area contributed by atoms with Crippen molar-refractivity contribution in [3.63, 3.8) is 0 Å². The predicted octanol–water partition coefficient (Wildman–Crippen LogP) is 2.80. The molecule has 0 aliphatic heterocycles. The summed E-state index contributed by atoms with van der Waals surface area (Å²) in [5, 5.41) is 17.0. The van der Waals surface area contributed by atoms with Crippen LogP contribution in [0.3, 0.4) is 0 Å². The van der Waals surface area contributed by atoms with Gasteiger partial charge in [0.05, 0.1) is 17.0 Å². The normalized spacial score (nSPS) is 10.4. The average molecular weight is 287 g/mol. The van der Waals surface area contributed by atoms with E-state index in [9.17, 15) is 4.79 Å². The SMILES string of the molecule is CCc1nnc(Oc2ccc(C(=O)O)cc2C)nc1CC. The van der Waals surface area contributed by atoms with Crippen LogP contribution in [-0.4, -0.2) is 26.3 Å². The van der Waals surface area contributed by atoms with E-state index in [-0.39, 0.29) is 11.6 Å². The number of carboxylic acids is 1. The van der Waals surface area contributed by atoms with Crippen molar-refractivity contribution < 1.29 is 14.6 Å². The number of hydrogen-bond acceptors (Lipinski definition) is 5. The van der Waals surface area contributed by atoms with E-state index in [4.69, 9.17) is 9.84 Å². The molecule has 0 bridgehead atoms. The highest BCUT2D eigenvalue weighted by Gasteiger charge is 2.11. The van der Waals surface area contributed by atoms with Crippen molar-refractivity contribution in [2.75, 3.05) is 0 Å². The molecule has 21 heavy (non-hydrogen) atoms. The fraction of sp³-hybridized carbons (Fsp3) is 0.333. The number of carbonyl (C=O) groups is 1. The number of aryl methyl sites for hydroxylation is 3. The van der Waals surface area contributed by atoms with Gasteiger partial charge in [0.1, 0.15) is 5.75 Å². The first-order chi connectivity index (χ1) is 10.0. The Morgan fingerprint density at radius 2 is 1.90 bits per heavy atom. The fourth-order valence-electron chi connectivity index (χ4n) is 1.96. The number of benzene rings is 1. The number of hydrogen-bond donors (Lipinski definition) is 1. The van der Waals surface area contributed by atoms with Gasteiger partial charge in [0.2, 0.25) is 0 Å². The number of nitrogens with zero attached hydrogens (tertiary/aromatic N) is 3. The first-order valence-corrected chi connectivity index (χ1v) is 6.79. The third-order valence-electron chi connectivity index (χ3n) is 3.11. The quantitative estimate of drug-likeness (QED) is 0.910. The van der Waals surface area contributed by atoms with Gasteiger partial charge >= 0.3 is 12.0 Å². The van der Waals surface area contributed by atoms with Crippen molar-refractivity contribution in [3.05, 3.63) is 40.7 Å². The molecule has 2 aromatic rings. The summed E-state index contributed by atoms with van der Waals surface area (Å²) in [6.45, 7) is 5.77. The summed E-state index contributed by atoms with van der Waals surface area (Å²) >= 11 is 0. The summed E-state index contributed by atoms with van der Waals surface area (Å²) in [6.07, 6.45) is 1.53. The zero-order valence-corrected chi connectivity index (χ0v) is 12.3. The Morgan fingerprint density at radius 3 is 2.48 bits per heavy atom. The standard InChI is InChI=1S/C15H17N3O3/c1-4-11-12(5-2)17-18-15(16-11)21-13-7-6-10(14(19)20)8-9(13)3/h6-8H,4-5H2,1-3H3,(H,19,20). The van der Waals surface area contributed by atoms with E-state index in [1.165, 1.54) is 6.07 Å². The van der Waals surface area contributed by atoms with Crippen molar-refractivity contribution in [1.29, 1.82) is 0 Å². The lowest BCUT2D eigenvalue weighted by Crippen LogP contribution is -2.05. The molecule has 0 radical (unpaired) electrons. The maximum absolute atomic E-state index is 10.9. The molecule has 6 nitrogen and oxygen atoms in total. The molecule has 1 N–H and O–H groups in total. The molecule has 0 saturated heterocycles. The van der Waals surface area contributed by atoms with Crippen LogP contribution in [0, 0.1) is 6.92 Å². The number of aromatic nitrogens is 3. The van der Waals surface area contributed by atoms with Crippen LogP contribution < -0.4 is 4.74 Å². The minimum atomic E-state index is -0.969. The molecule has 6 heteroatoms. The van der Waals surface area contributed by atoms with Crippen LogP contribution in [0.15, 0.2) is 18.2 Å². The smallest absolute Gasteiger partial charge is 0.341 e. The highest BCUT2D eigenvalue weighted by atomic mass is 16.5. The molecule has 0 unspecified atom stereocenters. The van der Waals surface area contributed by atoms with E-state index in [1.54, 1.807) is 19.1 Å². The van der Waals surface area contributed by atoms with Crippen LogP contribution in [0.2, 0.25) is 0 Å². The Hall–Kier alpha value is -2.50. The number of carboxylic acid groups (broad SMARTS) is 1. The Bertz CT molecular complexity index is 671. The summed E-state index contributed by atoms with van der Waals surface area (Å²) in [5.41, 5.74) is 2.65. The van der Waals surface area contributed by atoms with Gasteiger partial charge in [-0.3, -0.25) is 0 Å². The van der Waals surface area contributed by atoms with Crippen molar-refractivity contribution in [3.8, 4) is 11.8 Å². The summed E-state index contributed by atoms with van der Waals surface area (Å²) in [6, 6.07) is 4.81. The second kappa shape index (κ2) is 6.30. The van der Waals surface area contributed by atoms with Gasteiger partial charge in [-0.15, -0.1) is 5.10 Å². The van der Waals surface area contributed by atoms with Gasteiger partial charge in [0.25, 0.3) is 0 Å². The van der Waals surface area contributed by atoms with Gasteiger partial charge in [-0.2, -0.15) is 4.98 Å². The Balaban J connectivity index is 2.28. The molecule has 110 valence electrons. The second-order valence-electron chi connectivity index (χ2n) is 4.58. The third kappa shape index (κ3) is 3.34. The van der Waals surface area contributed by atoms with E-state index >= 15 is 0 Å². The number of ether oxygens (including phenoxy) is 1. The Morgan fingerprint density at radius 1 is 1.19 bits per heavy atom. The largest absolute Gasteiger partial charge is 0.478 e. The van der Waals surface area contributed by atoms with Gasteiger partial charge in [0.15, 0.2) is 0 Å². The monoisotopic (exact) mass is 287 g/mol. The summed E-state index contributed by atoms with van der Waals surface area (Å²) in [4.78, 5) is 15.2. The molecule has 1 aromatic heterocycles. The number of rotatable bonds is 5. The maximum atomic E-state index is 10.9. The lowest BCUT2D eigenvalue weighted by Gasteiger charge is -2.09. The molecule has 0 aliphatic rings. The molecule has 0 spiro atoms. The molecule has 2 rings (SSSR count). The first kappa shape index (κ1) is 14.9. The molecule has 0 amide bonds. The minimum absolute atomic E-state index is 0.176. The molecule has 0 aliphatic carbocycles. The van der Waals surface area contributed by atoms with Crippen molar-refractivity contribution in [2.24, 2.45) is 0 Å². The predicted molar refractivity (Wildman–Crippen MR) is 76.8 cm³/mol. The first-order valence-electron chi connectivity index (χ1n) is 6.79. The van der Waals surface area contributed by atoms with Crippen molar-refractivity contribution in [2.45, 2.75) is 33.6 Å². The maximum Gasteiger partial charge on any atom is 0.341 e. The van der Waals surface area contributed by atoms with E-state index in [1.807, 2.05) is 13.8 Å². The second-order valence-corrected chi connectivity index (χ2v) is 4.58. The lowest BCUT2D eigenvalue weighted by atomic mass is 10.1. The average Bonchev–Trinajstić information content (AvgIpc) is 2.48. The zero-order chi connectivity index (χ0) is 15.4. The van der Waals surface area contributed by atoms with Gasteiger partial charge in [0, 0.05) is 0 Å². The van der Waals surface area contributed by atoms with Crippen LogP contribution in [0.5, 0.6) is 11.8 Å². The molecule has 0 atom stereocenters. The zero-order valence-electron chi connectivity index (χ0n) is 12.3. The summed E-state index contributed by atoms with van der Waals surface area (Å²) in [5.74, 6) is -0.448. The summed E-state index contributed by atoms with van der Waals surface area (Å²) < 4.78 is 5.61. The fourth-order valence-corrected chi connectivity index (χ4v) is 1.96. The molecule has 0 saturated carbocycles. The topological polar surface area (TPSA) is 85.2 Å². The van der Waals surface area contributed by atoms with Crippen LogP contribution in [0.4, 0.5) is 0 Å². The van der Waals surface area contributed by atoms with E-state index in [0.29, 0.717) is 11.3 Å². The summed E-state index contributed by atoms with van der Waals surface area (Å²) in [7, 11) is 0. The Labute approximate surface area is 122 Å². The minimum Gasteiger partial charge on any atom is -0.478 e. The van der Waals surface area contributed by atoms with E-state index in [0.717, 1.165) is 24.2 Å². The highest BCUT2D eigenvalue weighted by molar-refractivity contribution is 5.88. The Kier molecular flexibility index (Phi) is 4.47. The lowest BCUT2D eigenvalue weighted by molar-refractivity contribution is 0.0697. The van der Waals surface area contributed by atoms with E-state index in [2.05, 4.69) is 15.2 Å². The van der Waals surface area contributed by atoms with Crippen molar-refractivity contribution >= 4 is 5.97 Å². The molecule has 0 fully saturated rings. The molecular weight excluding hydrogens is 270 g/mol. The van der Waals surface area contributed by atoms with Gasteiger partial charge in [-0.05, 0) is 43.5 Å². The molecule has 1 aromatic carbocycles. The van der Waals surface area contributed by atoms with Crippen LogP contribution in [-0.2, 0) is 12.8 Å². The van der Waals surface area contributed by atoms with Gasteiger partial charge < -0.3 is 9.84 Å². The highest BCUT2D eigenvalue weighted by Crippen LogP contribution is 2.23. The van der Waals surface area contributed by atoms with E-state index < -0.39 is 5.97 Å². The molecule has 1 heterocycles. The third-order valence-corrected chi connectivity index (χ3v) is 3.11. The van der Waals surface area contributed by atoms with Gasteiger partial charge in [-0.25, -0.2) is 4.79 Å². The number of aromatic carboxylic acids is 1. The van der Waals surface area contributed by atoms with Crippen LogP contribution in [0.1, 0.15) is 41.2 Å². The molecular formula is C15H17N3O3. The van der Waals surface area contributed by atoms with Crippen LogP contribution in [0.25, 0.3) is 0 Å².